The first-order chi connectivity index (χ1) is 8.02. The van der Waals surface area contributed by atoms with E-state index in [1.165, 1.54) is 0 Å². The molecular formula is C12H17NO3S. The lowest BCUT2D eigenvalue weighted by Gasteiger charge is -2.17. The smallest absolute Gasteiger partial charge is 0.150 e. The van der Waals surface area contributed by atoms with E-state index in [0.29, 0.717) is 13.0 Å². The van der Waals surface area contributed by atoms with Crippen LogP contribution in [0.3, 0.4) is 0 Å². The average Bonchev–Trinajstić information content (AvgIpc) is 2.69. The lowest BCUT2D eigenvalue weighted by molar-refractivity contribution is 0.121. The second kappa shape index (κ2) is 4.76. The minimum absolute atomic E-state index is 0.0901. The van der Waals surface area contributed by atoms with Gasteiger partial charge in [-0.15, -0.1) is 0 Å². The predicted molar refractivity (Wildman–Crippen MR) is 66.1 cm³/mol. The number of nitrogens with two attached hydrogens (primary N) is 1. The highest BCUT2D eigenvalue weighted by Gasteiger charge is 2.33. The largest absolute Gasteiger partial charge is 0.388 e. The number of aliphatic hydroxyl groups excluding tert-OH is 1. The van der Waals surface area contributed by atoms with Crippen molar-refractivity contribution in [1.29, 1.82) is 0 Å². The van der Waals surface area contributed by atoms with Crippen LogP contribution in [0.2, 0.25) is 0 Å². The summed E-state index contributed by atoms with van der Waals surface area (Å²) in [5.74, 6) is 0.103. The van der Waals surface area contributed by atoms with Crippen molar-refractivity contribution < 1.29 is 13.5 Å². The molecular weight excluding hydrogens is 238 g/mol. The van der Waals surface area contributed by atoms with Crippen LogP contribution in [0.1, 0.15) is 23.7 Å². The van der Waals surface area contributed by atoms with Crippen LogP contribution < -0.4 is 5.73 Å². The highest BCUT2D eigenvalue weighted by molar-refractivity contribution is 7.91. The third kappa shape index (κ3) is 2.86. The molecule has 0 aliphatic carbocycles. The Balaban J connectivity index is 2.11. The van der Waals surface area contributed by atoms with Crippen LogP contribution in [0.4, 0.5) is 0 Å². The SMILES string of the molecule is NCc1ccc(C(O)C2CCS(=O)(=O)C2)cc1. The predicted octanol–water partition coefficient (Wildman–Crippen LogP) is 0.613. The highest BCUT2D eigenvalue weighted by Crippen LogP contribution is 2.31. The van der Waals surface area contributed by atoms with E-state index in [9.17, 15) is 13.5 Å². The molecule has 2 unspecified atom stereocenters. The van der Waals surface area contributed by atoms with E-state index >= 15 is 0 Å². The molecule has 0 spiro atoms. The number of rotatable bonds is 3. The maximum atomic E-state index is 11.3. The van der Waals surface area contributed by atoms with Gasteiger partial charge in [0.05, 0.1) is 17.6 Å². The van der Waals surface area contributed by atoms with Crippen LogP contribution in [-0.4, -0.2) is 25.0 Å². The maximum Gasteiger partial charge on any atom is 0.150 e. The fourth-order valence-electron chi connectivity index (χ4n) is 2.20. The van der Waals surface area contributed by atoms with Gasteiger partial charge in [-0.05, 0) is 17.5 Å². The minimum Gasteiger partial charge on any atom is -0.388 e. The van der Waals surface area contributed by atoms with Gasteiger partial charge in [0.15, 0.2) is 9.84 Å². The Hall–Kier alpha value is -0.910. The van der Waals surface area contributed by atoms with Crippen LogP contribution in [0.25, 0.3) is 0 Å². The number of hydrogen-bond acceptors (Lipinski definition) is 4. The van der Waals surface area contributed by atoms with Crippen molar-refractivity contribution in [1.82, 2.24) is 0 Å². The minimum atomic E-state index is -2.94. The summed E-state index contributed by atoms with van der Waals surface area (Å²) in [4.78, 5) is 0. The second-order valence-corrected chi connectivity index (χ2v) is 6.78. The quantitative estimate of drug-likeness (QED) is 0.829. The fraction of sp³-hybridized carbons (Fsp3) is 0.500. The molecule has 5 heteroatoms. The van der Waals surface area contributed by atoms with Crippen LogP contribution in [0, 0.1) is 5.92 Å². The molecule has 17 heavy (non-hydrogen) atoms. The van der Waals surface area contributed by atoms with Gasteiger partial charge < -0.3 is 10.8 Å². The summed E-state index contributed by atoms with van der Waals surface area (Å²) in [6.07, 6.45) is -0.151. The van der Waals surface area contributed by atoms with Gasteiger partial charge in [0, 0.05) is 12.5 Å². The molecule has 0 amide bonds. The van der Waals surface area contributed by atoms with Gasteiger partial charge in [-0.1, -0.05) is 24.3 Å². The van der Waals surface area contributed by atoms with E-state index in [0.717, 1.165) is 11.1 Å². The van der Waals surface area contributed by atoms with Crippen molar-refractivity contribution >= 4 is 9.84 Å². The number of benzene rings is 1. The molecule has 1 saturated heterocycles. The van der Waals surface area contributed by atoms with Gasteiger partial charge in [-0.25, -0.2) is 8.42 Å². The van der Waals surface area contributed by atoms with E-state index in [1.54, 1.807) is 0 Å². The number of aliphatic hydroxyl groups is 1. The Morgan fingerprint density at radius 2 is 2.00 bits per heavy atom. The molecule has 1 aliphatic heterocycles. The van der Waals surface area contributed by atoms with Gasteiger partial charge in [-0.3, -0.25) is 0 Å². The lowest BCUT2D eigenvalue weighted by atomic mass is 9.95. The Morgan fingerprint density at radius 3 is 2.47 bits per heavy atom. The van der Waals surface area contributed by atoms with Crippen LogP contribution >= 0.6 is 0 Å². The molecule has 0 bridgehead atoms. The first kappa shape index (κ1) is 12.5. The molecule has 1 aromatic carbocycles. The molecule has 2 atom stereocenters. The molecule has 3 N–H and O–H groups in total. The summed E-state index contributed by atoms with van der Waals surface area (Å²) in [6, 6.07) is 7.36. The first-order valence-corrected chi connectivity index (χ1v) is 7.51. The normalized spacial score (nSPS) is 24.7. The van der Waals surface area contributed by atoms with Crippen molar-refractivity contribution in [3.63, 3.8) is 0 Å². The van der Waals surface area contributed by atoms with E-state index < -0.39 is 15.9 Å². The van der Waals surface area contributed by atoms with Crippen LogP contribution in [0.15, 0.2) is 24.3 Å². The zero-order valence-electron chi connectivity index (χ0n) is 9.54. The molecule has 1 fully saturated rings. The van der Waals surface area contributed by atoms with Crippen molar-refractivity contribution in [3.8, 4) is 0 Å². The van der Waals surface area contributed by atoms with Crippen LogP contribution in [0.5, 0.6) is 0 Å². The number of hydrogen-bond donors (Lipinski definition) is 2. The topological polar surface area (TPSA) is 80.4 Å². The first-order valence-electron chi connectivity index (χ1n) is 5.69. The molecule has 0 aromatic heterocycles. The molecule has 0 radical (unpaired) electrons. The van der Waals surface area contributed by atoms with Gasteiger partial charge in [0.25, 0.3) is 0 Å². The van der Waals surface area contributed by atoms with E-state index in [4.69, 9.17) is 5.73 Å². The van der Waals surface area contributed by atoms with Crippen molar-refractivity contribution in [2.75, 3.05) is 11.5 Å². The Labute approximate surface area is 101 Å². The Morgan fingerprint density at radius 1 is 1.35 bits per heavy atom. The lowest BCUT2D eigenvalue weighted by Crippen LogP contribution is -2.14. The third-order valence-corrected chi connectivity index (χ3v) is 5.06. The molecule has 1 aliphatic rings. The van der Waals surface area contributed by atoms with Crippen molar-refractivity contribution in [2.45, 2.75) is 19.1 Å². The summed E-state index contributed by atoms with van der Waals surface area (Å²) in [5.41, 5.74) is 7.26. The maximum absolute atomic E-state index is 11.3. The standard InChI is InChI=1S/C12H17NO3S/c13-7-9-1-3-10(4-2-9)12(14)11-5-6-17(15,16)8-11/h1-4,11-12,14H,5-8,13H2. The summed E-state index contributed by atoms with van der Waals surface area (Å²) >= 11 is 0. The Bertz CT molecular complexity index is 481. The molecule has 2 rings (SSSR count). The van der Waals surface area contributed by atoms with E-state index in [2.05, 4.69) is 0 Å². The number of sulfone groups is 1. The summed E-state index contributed by atoms with van der Waals surface area (Å²) in [6.45, 7) is 0.466. The molecule has 94 valence electrons. The zero-order valence-corrected chi connectivity index (χ0v) is 10.4. The van der Waals surface area contributed by atoms with Gasteiger partial charge in [-0.2, -0.15) is 0 Å². The molecule has 4 nitrogen and oxygen atoms in total. The summed E-state index contributed by atoms with van der Waals surface area (Å²) in [5, 5.41) is 10.1. The van der Waals surface area contributed by atoms with Gasteiger partial charge in [0.1, 0.15) is 0 Å². The van der Waals surface area contributed by atoms with Crippen molar-refractivity contribution in [2.24, 2.45) is 11.7 Å². The summed E-state index contributed by atoms with van der Waals surface area (Å²) < 4.78 is 22.7. The third-order valence-electron chi connectivity index (χ3n) is 3.27. The van der Waals surface area contributed by atoms with Gasteiger partial charge >= 0.3 is 0 Å². The van der Waals surface area contributed by atoms with E-state index in [-0.39, 0.29) is 17.4 Å². The van der Waals surface area contributed by atoms with Gasteiger partial charge in [0.2, 0.25) is 0 Å². The highest BCUT2D eigenvalue weighted by atomic mass is 32.2. The monoisotopic (exact) mass is 255 g/mol. The molecule has 0 saturated carbocycles. The summed E-state index contributed by atoms with van der Waals surface area (Å²) in [7, 11) is -2.94. The Kier molecular flexibility index (Phi) is 3.51. The fourth-order valence-corrected chi connectivity index (χ4v) is 4.03. The molecule has 1 heterocycles. The molecule has 1 aromatic rings. The van der Waals surface area contributed by atoms with Crippen LogP contribution in [-0.2, 0) is 16.4 Å². The average molecular weight is 255 g/mol. The zero-order chi connectivity index (χ0) is 12.5. The van der Waals surface area contributed by atoms with E-state index in [1.807, 2.05) is 24.3 Å². The second-order valence-electron chi connectivity index (χ2n) is 4.55. The van der Waals surface area contributed by atoms with Crippen molar-refractivity contribution in [3.05, 3.63) is 35.4 Å².